The SMILES string of the molecule is CN=C(NCCN(C)C1CCCC1)N1CCC(NC(=O)OC(C)(C)C)C1. The summed E-state index contributed by atoms with van der Waals surface area (Å²) >= 11 is 0. The van der Waals surface area contributed by atoms with Gasteiger partial charge in [-0.15, -0.1) is 0 Å². The molecule has 26 heavy (non-hydrogen) atoms. The number of alkyl carbamates (subject to hydrolysis) is 1. The lowest BCUT2D eigenvalue weighted by Gasteiger charge is -2.26. The van der Waals surface area contributed by atoms with Crippen LogP contribution in [0.15, 0.2) is 4.99 Å². The summed E-state index contributed by atoms with van der Waals surface area (Å²) in [6, 6.07) is 0.845. The first-order chi connectivity index (χ1) is 12.3. The number of carbonyl (C=O) groups is 1. The van der Waals surface area contributed by atoms with Gasteiger partial charge in [-0.25, -0.2) is 4.79 Å². The highest BCUT2D eigenvalue weighted by atomic mass is 16.6. The van der Waals surface area contributed by atoms with Gasteiger partial charge in [0.1, 0.15) is 5.60 Å². The summed E-state index contributed by atoms with van der Waals surface area (Å²) in [7, 11) is 4.04. The van der Waals surface area contributed by atoms with Crippen molar-refractivity contribution in [2.24, 2.45) is 4.99 Å². The Bertz CT molecular complexity index is 483. The highest BCUT2D eigenvalue weighted by molar-refractivity contribution is 5.80. The third-order valence-corrected chi connectivity index (χ3v) is 5.12. The van der Waals surface area contributed by atoms with Crippen LogP contribution in [0.25, 0.3) is 0 Å². The normalized spacial score (nSPS) is 22.2. The van der Waals surface area contributed by atoms with Crippen molar-refractivity contribution in [3.8, 4) is 0 Å². The van der Waals surface area contributed by atoms with E-state index in [4.69, 9.17) is 4.74 Å². The number of guanidine groups is 1. The van der Waals surface area contributed by atoms with Crippen molar-refractivity contribution >= 4 is 12.1 Å². The summed E-state index contributed by atoms with van der Waals surface area (Å²) in [5, 5.41) is 6.43. The van der Waals surface area contributed by atoms with Gasteiger partial charge in [-0.05, 0) is 47.1 Å². The Morgan fingerprint density at radius 2 is 1.96 bits per heavy atom. The Hall–Kier alpha value is -1.50. The molecular weight excluding hydrogens is 330 g/mol. The average molecular weight is 368 g/mol. The molecule has 0 spiro atoms. The van der Waals surface area contributed by atoms with Crippen molar-refractivity contribution < 1.29 is 9.53 Å². The van der Waals surface area contributed by atoms with E-state index in [1.165, 1.54) is 25.7 Å². The fourth-order valence-corrected chi connectivity index (χ4v) is 3.75. The predicted octanol–water partition coefficient (Wildman–Crippen LogP) is 2.04. The van der Waals surface area contributed by atoms with Gasteiger partial charge in [0.2, 0.25) is 0 Å². The van der Waals surface area contributed by atoms with Crippen LogP contribution in [0.5, 0.6) is 0 Å². The number of likely N-dealkylation sites (tertiary alicyclic amines) is 1. The van der Waals surface area contributed by atoms with Crippen LogP contribution in [-0.2, 0) is 4.74 Å². The maximum absolute atomic E-state index is 11.9. The molecule has 7 nitrogen and oxygen atoms in total. The number of ether oxygens (including phenoxy) is 1. The molecule has 150 valence electrons. The molecule has 0 aromatic heterocycles. The van der Waals surface area contributed by atoms with E-state index in [9.17, 15) is 4.79 Å². The van der Waals surface area contributed by atoms with Crippen LogP contribution in [0.1, 0.15) is 52.9 Å². The van der Waals surface area contributed by atoms with Gasteiger partial charge >= 0.3 is 6.09 Å². The minimum absolute atomic E-state index is 0.101. The Kier molecular flexibility index (Phi) is 7.55. The van der Waals surface area contributed by atoms with E-state index in [1.807, 2.05) is 27.8 Å². The Balaban J connectivity index is 1.70. The highest BCUT2D eigenvalue weighted by Gasteiger charge is 2.28. The summed E-state index contributed by atoms with van der Waals surface area (Å²) in [5.41, 5.74) is -0.467. The number of likely N-dealkylation sites (N-methyl/N-ethyl adjacent to an activating group) is 1. The number of hydrogen-bond donors (Lipinski definition) is 2. The second kappa shape index (κ2) is 9.44. The maximum Gasteiger partial charge on any atom is 0.407 e. The number of nitrogens with one attached hydrogen (secondary N) is 2. The van der Waals surface area contributed by atoms with Crippen LogP contribution < -0.4 is 10.6 Å². The number of carbonyl (C=O) groups excluding carboxylic acids is 1. The lowest BCUT2D eigenvalue weighted by Crippen LogP contribution is -2.46. The van der Waals surface area contributed by atoms with Gasteiger partial charge in [0.15, 0.2) is 5.96 Å². The van der Waals surface area contributed by atoms with Crippen molar-refractivity contribution in [2.45, 2.75) is 70.6 Å². The Labute approximate surface area is 158 Å². The molecule has 1 atom stereocenters. The Morgan fingerprint density at radius 1 is 1.27 bits per heavy atom. The standard InChI is InChI=1S/C19H37N5O2/c1-19(2,3)26-18(25)22-15-10-12-24(14-15)17(20-4)21-11-13-23(5)16-8-6-7-9-16/h15-16H,6-14H2,1-5H3,(H,20,21)(H,22,25). The number of nitrogens with zero attached hydrogens (tertiary/aromatic N) is 3. The van der Waals surface area contributed by atoms with Gasteiger partial charge in [-0.3, -0.25) is 4.99 Å². The molecule has 1 amide bonds. The smallest absolute Gasteiger partial charge is 0.407 e. The molecule has 1 aliphatic heterocycles. The Morgan fingerprint density at radius 3 is 2.58 bits per heavy atom. The second-order valence-corrected chi connectivity index (χ2v) is 8.47. The molecule has 2 aliphatic rings. The van der Waals surface area contributed by atoms with Crippen molar-refractivity contribution in [3.63, 3.8) is 0 Å². The molecular formula is C19H37N5O2. The van der Waals surface area contributed by atoms with Gasteiger partial charge in [0.25, 0.3) is 0 Å². The molecule has 2 fully saturated rings. The van der Waals surface area contributed by atoms with Crippen molar-refractivity contribution in [1.29, 1.82) is 0 Å². The molecule has 0 radical (unpaired) electrons. The molecule has 2 rings (SSSR count). The summed E-state index contributed by atoms with van der Waals surface area (Å²) in [4.78, 5) is 21.0. The molecule has 1 saturated heterocycles. The zero-order chi connectivity index (χ0) is 19.2. The fourth-order valence-electron chi connectivity index (χ4n) is 3.75. The second-order valence-electron chi connectivity index (χ2n) is 8.47. The number of amides is 1. The summed E-state index contributed by atoms with van der Waals surface area (Å²) in [5.74, 6) is 0.915. The first-order valence-corrected chi connectivity index (χ1v) is 9.94. The first kappa shape index (κ1) is 20.8. The van der Waals surface area contributed by atoms with E-state index in [0.29, 0.717) is 0 Å². The summed E-state index contributed by atoms with van der Waals surface area (Å²) < 4.78 is 5.34. The quantitative estimate of drug-likeness (QED) is 0.575. The third kappa shape index (κ3) is 6.67. The third-order valence-electron chi connectivity index (χ3n) is 5.12. The molecule has 1 unspecified atom stereocenters. The van der Waals surface area contributed by atoms with Crippen LogP contribution in [0.2, 0.25) is 0 Å². The van der Waals surface area contributed by atoms with E-state index < -0.39 is 5.60 Å². The van der Waals surface area contributed by atoms with Crippen LogP contribution >= 0.6 is 0 Å². The first-order valence-electron chi connectivity index (χ1n) is 9.94. The molecule has 0 bridgehead atoms. The van der Waals surface area contributed by atoms with Crippen molar-refractivity contribution in [1.82, 2.24) is 20.4 Å². The molecule has 0 aromatic rings. The molecule has 0 aromatic carbocycles. The maximum atomic E-state index is 11.9. The number of rotatable bonds is 5. The van der Waals surface area contributed by atoms with Crippen LogP contribution in [-0.4, -0.2) is 79.8 Å². The minimum atomic E-state index is -0.467. The van der Waals surface area contributed by atoms with Crippen molar-refractivity contribution in [3.05, 3.63) is 0 Å². The topological polar surface area (TPSA) is 69.2 Å². The molecule has 7 heteroatoms. The van der Waals surface area contributed by atoms with Gasteiger partial charge in [-0.2, -0.15) is 0 Å². The van der Waals surface area contributed by atoms with Gasteiger partial charge in [0, 0.05) is 39.3 Å². The highest BCUT2D eigenvalue weighted by Crippen LogP contribution is 2.21. The molecule has 1 saturated carbocycles. The number of aliphatic imine (C=N–C) groups is 1. The fraction of sp³-hybridized carbons (Fsp3) is 0.895. The largest absolute Gasteiger partial charge is 0.444 e. The van der Waals surface area contributed by atoms with Crippen LogP contribution in [0.3, 0.4) is 0 Å². The van der Waals surface area contributed by atoms with E-state index in [2.05, 4.69) is 32.5 Å². The summed E-state index contributed by atoms with van der Waals surface area (Å²) in [6.07, 6.45) is 5.95. The lowest BCUT2D eigenvalue weighted by molar-refractivity contribution is 0.0507. The number of hydrogen-bond acceptors (Lipinski definition) is 4. The summed E-state index contributed by atoms with van der Waals surface area (Å²) in [6.45, 7) is 9.19. The minimum Gasteiger partial charge on any atom is -0.444 e. The van der Waals surface area contributed by atoms with E-state index in [0.717, 1.165) is 44.6 Å². The zero-order valence-corrected chi connectivity index (χ0v) is 17.2. The average Bonchev–Trinajstić information content (AvgIpc) is 3.21. The van der Waals surface area contributed by atoms with Gasteiger partial charge in [0.05, 0.1) is 6.04 Å². The zero-order valence-electron chi connectivity index (χ0n) is 17.2. The van der Waals surface area contributed by atoms with Gasteiger partial charge < -0.3 is 25.2 Å². The van der Waals surface area contributed by atoms with Crippen LogP contribution in [0, 0.1) is 0 Å². The lowest BCUT2D eigenvalue weighted by atomic mass is 10.2. The van der Waals surface area contributed by atoms with Crippen molar-refractivity contribution in [2.75, 3.05) is 40.3 Å². The molecule has 1 heterocycles. The molecule has 2 N–H and O–H groups in total. The van der Waals surface area contributed by atoms with Crippen LogP contribution in [0.4, 0.5) is 4.79 Å². The molecule has 1 aliphatic carbocycles. The predicted molar refractivity (Wildman–Crippen MR) is 106 cm³/mol. The monoisotopic (exact) mass is 367 g/mol. The van der Waals surface area contributed by atoms with E-state index >= 15 is 0 Å². The van der Waals surface area contributed by atoms with E-state index in [-0.39, 0.29) is 12.1 Å². The van der Waals surface area contributed by atoms with Gasteiger partial charge in [-0.1, -0.05) is 12.8 Å². The van der Waals surface area contributed by atoms with E-state index in [1.54, 1.807) is 0 Å².